The van der Waals surface area contributed by atoms with E-state index in [9.17, 15) is 4.79 Å². The minimum Gasteiger partial charge on any atom is -0.493 e. The third-order valence-electron chi connectivity index (χ3n) is 3.69. The number of nitrogens with zero attached hydrogens (tertiary/aromatic N) is 1. The Kier molecular flexibility index (Phi) is 7.47. The van der Waals surface area contributed by atoms with Crippen molar-refractivity contribution in [2.45, 2.75) is 19.4 Å². The van der Waals surface area contributed by atoms with Crippen LogP contribution in [0.1, 0.15) is 18.9 Å². The summed E-state index contributed by atoms with van der Waals surface area (Å²) in [5.41, 5.74) is 4.22. The molecule has 0 spiro atoms. The fourth-order valence-electron chi connectivity index (χ4n) is 2.31. The van der Waals surface area contributed by atoms with Crippen molar-refractivity contribution in [2.24, 2.45) is 5.10 Å². The average Bonchev–Trinajstić information content (AvgIpc) is 2.65. The molecule has 1 unspecified atom stereocenters. The van der Waals surface area contributed by atoms with Crippen molar-refractivity contribution in [1.82, 2.24) is 5.43 Å². The highest BCUT2D eigenvalue weighted by Crippen LogP contribution is 2.26. The SMILES string of the molecule is CCC(Nc1cccc(Br)c1)C(=O)N/N=C\c1ccc(OC)c(OC)c1. The first-order chi connectivity index (χ1) is 12.6. The summed E-state index contributed by atoms with van der Waals surface area (Å²) in [7, 11) is 3.15. The lowest BCUT2D eigenvalue weighted by molar-refractivity contribution is -0.121. The molecule has 0 heterocycles. The highest BCUT2D eigenvalue weighted by molar-refractivity contribution is 9.10. The number of anilines is 1. The predicted molar refractivity (Wildman–Crippen MR) is 107 cm³/mol. The molecule has 0 bridgehead atoms. The van der Waals surface area contributed by atoms with Gasteiger partial charge in [-0.3, -0.25) is 4.79 Å². The number of halogens is 1. The van der Waals surface area contributed by atoms with Gasteiger partial charge in [0, 0.05) is 10.2 Å². The number of hydrogen-bond donors (Lipinski definition) is 2. The molecule has 138 valence electrons. The molecule has 7 heteroatoms. The molecule has 0 saturated carbocycles. The molecule has 2 aromatic carbocycles. The summed E-state index contributed by atoms with van der Waals surface area (Å²) in [5, 5.41) is 7.23. The van der Waals surface area contributed by atoms with Crippen LogP contribution >= 0.6 is 15.9 Å². The topological polar surface area (TPSA) is 72.0 Å². The molecule has 0 aromatic heterocycles. The number of methoxy groups -OCH3 is 2. The van der Waals surface area contributed by atoms with Gasteiger partial charge in [-0.05, 0) is 48.4 Å². The number of amides is 1. The van der Waals surface area contributed by atoms with Crippen LogP contribution in [-0.2, 0) is 4.79 Å². The zero-order valence-corrected chi connectivity index (χ0v) is 16.5. The van der Waals surface area contributed by atoms with E-state index in [-0.39, 0.29) is 11.9 Å². The molecule has 0 fully saturated rings. The van der Waals surface area contributed by atoms with Crippen LogP contribution in [0.5, 0.6) is 11.5 Å². The summed E-state index contributed by atoms with van der Waals surface area (Å²) < 4.78 is 11.4. The molecule has 0 radical (unpaired) electrons. The Morgan fingerprint density at radius 1 is 1.19 bits per heavy atom. The van der Waals surface area contributed by atoms with Crippen LogP contribution < -0.4 is 20.2 Å². The molecule has 0 aliphatic heterocycles. The van der Waals surface area contributed by atoms with Crippen molar-refractivity contribution in [2.75, 3.05) is 19.5 Å². The van der Waals surface area contributed by atoms with Gasteiger partial charge in [0.05, 0.1) is 20.4 Å². The van der Waals surface area contributed by atoms with Gasteiger partial charge in [-0.15, -0.1) is 0 Å². The zero-order valence-electron chi connectivity index (χ0n) is 15.0. The largest absolute Gasteiger partial charge is 0.493 e. The van der Waals surface area contributed by atoms with Gasteiger partial charge in [0.15, 0.2) is 11.5 Å². The standard InChI is InChI=1S/C19H22BrN3O3/c1-4-16(22-15-7-5-6-14(20)11-15)19(24)23-21-12-13-8-9-17(25-2)18(10-13)26-3/h5-12,16,22H,4H2,1-3H3,(H,23,24)/b21-12-. The van der Waals surface area contributed by atoms with E-state index in [4.69, 9.17) is 9.47 Å². The summed E-state index contributed by atoms with van der Waals surface area (Å²) in [6.45, 7) is 1.94. The first-order valence-electron chi connectivity index (χ1n) is 8.14. The second-order valence-electron chi connectivity index (χ2n) is 5.46. The Morgan fingerprint density at radius 3 is 2.62 bits per heavy atom. The van der Waals surface area contributed by atoms with E-state index >= 15 is 0 Å². The second kappa shape index (κ2) is 9.82. The zero-order chi connectivity index (χ0) is 18.9. The van der Waals surface area contributed by atoms with Crippen LogP contribution in [0.25, 0.3) is 0 Å². The number of nitrogens with one attached hydrogen (secondary N) is 2. The van der Waals surface area contributed by atoms with E-state index in [1.807, 2.05) is 37.3 Å². The molecule has 1 amide bonds. The van der Waals surface area contributed by atoms with Crippen molar-refractivity contribution in [1.29, 1.82) is 0 Å². The Labute approximate surface area is 161 Å². The van der Waals surface area contributed by atoms with Gasteiger partial charge in [-0.1, -0.05) is 28.9 Å². The minimum absolute atomic E-state index is 0.204. The Morgan fingerprint density at radius 2 is 1.96 bits per heavy atom. The van der Waals surface area contributed by atoms with Gasteiger partial charge in [0.25, 0.3) is 5.91 Å². The molecule has 2 rings (SSSR count). The smallest absolute Gasteiger partial charge is 0.262 e. The number of carbonyl (C=O) groups is 1. The number of rotatable bonds is 8. The molecule has 2 aromatic rings. The van der Waals surface area contributed by atoms with Gasteiger partial charge in [0.1, 0.15) is 6.04 Å². The monoisotopic (exact) mass is 419 g/mol. The molecule has 2 N–H and O–H groups in total. The van der Waals surface area contributed by atoms with Crippen LogP contribution in [0.4, 0.5) is 5.69 Å². The van der Waals surface area contributed by atoms with Gasteiger partial charge in [0.2, 0.25) is 0 Å². The van der Waals surface area contributed by atoms with E-state index in [0.29, 0.717) is 17.9 Å². The molecular weight excluding hydrogens is 398 g/mol. The third-order valence-corrected chi connectivity index (χ3v) is 4.18. The molecule has 6 nitrogen and oxygen atoms in total. The van der Waals surface area contributed by atoms with Crippen molar-refractivity contribution in [3.8, 4) is 11.5 Å². The highest BCUT2D eigenvalue weighted by atomic mass is 79.9. The van der Waals surface area contributed by atoms with Crippen LogP contribution in [0, 0.1) is 0 Å². The molecule has 0 aliphatic carbocycles. The van der Waals surface area contributed by atoms with E-state index in [2.05, 4.69) is 31.8 Å². The van der Waals surface area contributed by atoms with E-state index in [1.165, 1.54) is 0 Å². The van der Waals surface area contributed by atoms with E-state index < -0.39 is 0 Å². The average molecular weight is 420 g/mol. The Hall–Kier alpha value is -2.54. The maximum absolute atomic E-state index is 12.3. The lowest BCUT2D eigenvalue weighted by Gasteiger charge is -2.16. The number of hydrogen-bond acceptors (Lipinski definition) is 5. The van der Waals surface area contributed by atoms with Gasteiger partial charge >= 0.3 is 0 Å². The molecular formula is C19H22BrN3O3. The Bertz CT molecular complexity index is 780. The van der Waals surface area contributed by atoms with Crippen LogP contribution in [-0.4, -0.2) is 32.4 Å². The summed E-state index contributed by atoms with van der Waals surface area (Å²) in [6, 6.07) is 12.7. The minimum atomic E-state index is -0.383. The maximum atomic E-state index is 12.3. The summed E-state index contributed by atoms with van der Waals surface area (Å²) >= 11 is 3.42. The number of hydrazone groups is 1. The van der Waals surface area contributed by atoms with Gasteiger partial charge < -0.3 is 14.8 Å². The van der Waals surface area contributed by atoms with Crippen LogP contribution in [0.2, 0.25) is 0 Å². The second-order valence-corrected chi connectivity index (χ2v) is 6.38. The quantitative estimate of drug-likeness (QED) is 0.503. The normalized spacial score (nSPS) is 11.8. The van der Waals surface area contributed by atoms with E-state index in [0.717, 1.165) is 15.7 Å². The van der Waals surface area contributed by atoms with E-state index in [1.54, 1.807) is 32.6 Å². The van der Waals surface area contributed by atoms with Crippen molar-refractivity contribution in [3.63, 3.8) is 0 Å². The maximum Gasteiger partial charge on any atom is 0.262 e. The van der Waals surface area contributed by atoms with Crippen molar-refractivity contribution < 1.29 is 14.3 Å². The number of carbonyl (C=O) groups excluding carboxylic acids is 1. The number of ether oxygens (including phenoxy) is 2. The van der Waals surface area contributed by atoms with Gasteiger partial charge in [-0.25, -0.2) is 5.43 Å². The summed E-state index contributed by atoms with van der Waals surface area (Å²) in [4.78, 5) is 12.3. The third kappa shape index (κ3) is 5.49. The molecule has 0 aliphatic rings. The summed E-state index contributed by atoms with van der Waals surface area (Å²) in [6.07, 6.45) is 2.19. The molecule has 26 heavy (non-hydrogen) atoms. The van der Waals surface area contributed by atoms with Crippen molar-refractivity contribution >= 4 is 33.7 Å². The first kappa shape index (κ1) is 19.8. The number of benzene rings is 2. The highest BCUT2D eigenvalue weighted by Gasteiger charge is 2.15. The Balaban J connectivity index is 1.98. The van der Waals surface area contributed by atoms with Gasteiger partial charge in [-0.2, -0.15) is 5.10 Å². The predicted octanol–water partition coefficient (Wildman–Crippen LogP) is 3.81. The summed E-state index contributed by atoms with van der Waals surface area (Å²) in [5.74, 6) is 1.03. The van der Waals surface area contributed by atoms with Crippen LogP contribution in [0.3, 0.4) is 0 Å². The molecule has 1 atom stereocenters. The first-order valence-corrected chi connectivity index (χ1v) is 8.93. The van der Waals surface area contributed by atoms with Crippen molar-refractivity contribution in [3.05, 3.63) is 52.5 Å². The van der Waals surface area contributed by atoms with Crippen LogP contribution in [0.15, 0.2) is 52.0 Å². The fourth-order valence-corrected chi connectivity index (χ4v) is 2.71. The lowest BCUT2D eigenvalue weighted by Crippen LogP contribution is -2.36. The lowest BCUT2D eigenvalue weighted by atomic mass is 10.2. The fraction of sp³-hybridized carbons (Fsp3) is 0.263. The molecule has 0 saturated heterocycles.